The summed E-state index contributed by atoms with van der Waals surface area (Å²) in [7, 11) is 1.43. The Bertz CT molecular complexity index is 198. The minimum absolute atomic E-state index is 0.121. The monoisotopic (exact) mass is 215 g/mol. The van der Waals surface area contributed by atoms with E-state index in [0.29, 0.717) is 18.6 Å². The fourth-order valence-corrected chi connectivity index (χ4v) is 2.02. The summed E-state index contributed by atoms with van der Waals surface area (Å²) in [5, 5.41) is 0. The Morgan fingerprint density at radius 2 is 2.00 bits per heavy atom. The van der Waals surface area contributed by atoms with Crippen LogP contribution in [0, 0.1) is 0 Å². The molecule has 4 heteroatoms. The number of ether oxygens (including phenoxy) is 2. The molecule has 1 heterocycles. The van der Waals surface area contributed by atoms with Gasteiger partial charge in [0, 0.05) is 19.5 Å². The highest BCUT2D eigenvalue weighted by Crippen LogP contribution is 2.11. The van der Waals surface area contributed by atoms with Crippen molar-refractivity contribution in [3.8, 4) is 0 Å². The third kappa shape index (κ3) is 4.62. The first kappa shape index (κ1) is 12.5. The minimum Gasteiger partial charge on any atom is -0.469 e. The molecule has 0 spiro atoms. The van der Waals surface area contributed by atoms with E-state index in [1.165, 1.54) is 7.11 Å². The van der Waals surface area contributed by atoms with Gasteiger partial charge in [0.2, 0.25) is 0 Å². The molecule has 0 radical (unpaired) electrons. The number of rotatable bonds is 4. The second kappa shape index (κ2) is 6.08. The molecule has 4 nitrogen and oxygen atoms in total. The van der Waals surface area contributed by atoms with Crippen LogP contribution in [0.1, 0.15) is 26.7 Å². The maximum atomic E-state index is 10.9. The summed E-state index contributed by atoms with van der Waals surface area (Å²) >= 11 is 0. The Labute approximate surface area is 91.5 Å². The predicted octanol–water partition coefficient (Wildman–Crippen LogP) is 1.05. The molecular weight excluding hydrogens is 194 g/mol. The van der Waals surface area contributed by atoms with Crippen LogP contribution in [0.3, 0.4) is 0 Å². The van der Waals surface area contributed by atoms with E-state index in [1.54, 1.807) is 0 Å². The Hall–Kier alpha value is -0.610. The van der Waals surface area contributed by atoms with Crippen LogP contribution < -0.4 is 0 Å². The summed E-state index contributed by atoms with van der Waals surface area (Å²) in [6.45, 7) is 7.05. The topological polar surface area (TPSA) is 38.8 Å². The summed E-state index contributed by atoms with van der Waals surface area (Å²) in [4.78, 5) is 13.3. The fourth-order valence-electron chi connectivity index (χ4n) is 2.02. The third-order valence-corrected chi connectivity index (χ3v) is 2.58. The van der Waals surface area contributed by atoms with Gasteiger partial charge in [-0.25, -0.2) is 0 Å². The standard InChI is InChI=1S/C11H21NO3/c1-9-7-12(8-10(2)15-9)6-4-5-11(13)14-3/h9-10H,4-8H2,1-3H3/t9-,10-/m1/s1. The molecule has 0 aromatic rings. The Kier molecular flexibility index (Phi) is 5.05. The molecule has 0 saturated carbocycles. The van der Waals surface area contributed by atoms with E-state index in [2.05, 4.69) is 23.5 Å². The van der Waals surface area contributed by atoms with Gasteiger partial charge in [-0.3, -0.25) is 9.69 Å². The molecule has 0 bridgehead atoms. The molecule has 0 aromatic carbocycles. The molecule has 0 aliphatic carbocycles. The lowest BCUT2D eigenvalue weighted by Gasteiger charge is -2.35. The largest absolute Gasteiger partial charge is 0.469 e. The van der Waals surface area contributed by atoms with Gasteiger partial charge in [0.05, 0.1) is 19.3 Å². The normalized spacial score (nSPS) is 27.7. The zero-order chi connectivity index (χ0) is 11.3. The van der Waals surface area contributed by atoms with Crippen molar-refractivity contribution >= 4 is 5.97 Å². The number of nitrogens with zero attached hydrogens (tertiary/aromatic N) is 1. The van der Waals surface area contributed by atoms with E-state index < -0.39 is 0 Å². The Balaban J connectivity index is 2.17. The molecule has 1 saturated heterocycles. The van der Waals surface area contributed by atoms with E-state index in [4.69, 9.17) is 4.74 Å². The van der Waals surface area contributed by atoms with Crippen molar-refractivity contribution in [1.29, 1.82) is 0 Å². The summed E-state index contributed by atoms with van der Waals surface area (Å²) in [6.07, 6.45) is 1.97. The van der Waals surface area contributed by atoms with E-state index in [-0.39, 0.29) is 5.97 Å². The molecule has 0 aromatic heterocycles. The highest BCUT2D eigenvalue weighted by atomic mass is 16.5. The number of carbonyl (C=O) groups is 1. The van der Waals surface area contributed by atoms with Crippen molar-refractivity contribution in [2.75, 3.05) is 26.7 Å². The molecule has 0 amide bonds. The molecule has 2 atom stereocenters. The predicted molar refractivity (Wildman–Crippen MR) is 57.7 cm³/mol. The summed E-state index contributed by atoms with van der Waals surface area (Å²) in [6, 6.07) is 0. The van der Waals surface area contributed by atoms with Gasteiger partial charge in [0.1, 0.15) is 0 Å². The van der Waals surface area contributed by atoms with Crippen molar-refractivity contribution in [2.45, 2.75) is 38.9 Å². The zero-order valence-corrected chi connectivity index (χ0v) is 9.86. The second-order valence-corrected chi connectivity index (χ2v) is 4.20. The molecular formula is C11H21NO3. The lowest BCUT2D eigenvalue weighted by molar-refractivity contribution is -0.140. The highest BCUT2D eigenvalue weighted by Gasteiger charge is 2.21. The van der Waals surface area contributed by atoms with Crippen molar-refractivity contribution in [3.05, 3.63) is 0 Å². The van der Waals surface area contributed by atoms with Gasteiger partial charge < -0.3 is 9.47 Å². The molecule has 88 valence electrons. The molecule has 1 aliphatic heterocycles. The third-order valence-electron chi connectivity index (χ3n) is 2.58. The van der Waals surface area contributed by atoms with Crippen LogP contribution in [-0.2, 0) is 14.3 Å². The highest BCUT2D eigenvalue weighted by molar-refractivity contribution is 5.69. The minimum atomic E-state index is -0.121. The number of morpholine rings is 1. The molecule has 1 rings (SSSR count). The first-order chi connectivity index (χ1) is 7.11. The molecule has 1 fully saturated rings. The van der Waals surface area contributed by atoms with Gasteiger partial charge in [0.25, 0.3) is 0 Å². The van der Waals surface area contributed by atoms with Crippen LogP contribution in [0.25, 0.3) is 0 Å². The SMILES string of the molecule is COC(=O)CCCN1C[C@@H](C)O[C@H](C)C1. The van der Waals surface area contributed by atoms with Gasteiger partial charge in [-0.2, -0.15) is 0 Å². The van der Waals surface area contributed by atoms with Crippen molar-refractivity contribution < 1.29 is 14.3 Å². The lowest BCUT2D eigenvalue weighted by Crippen LogP contribution is -2.45. The first-order valence-corrected chi connectivity index (χ1v) is 5.56. The Morgan fingerprint density at radius 3 is 2.53 bits per heavy atom. The van der Waals surface area contributed by atoms with Crippen LogP contribution in [0.4, 0.5) is 0 Å². The summed E-state index contributed by atoms with van der Waals surface area (Å²) in [5.74, 6) is -0.121. The van der Waals surface area contributed by atoms with Gasteiger partial charge in [-0.15, -0.1) is 0 Å². The summed E-state index contributed by atoms with van der Waals surface area (Å²) in [5.41, 5.74) is 0. The summed E-state index contributed by atoms with van der Waals surface area (Å²) < 4.78 is 10.2. The first-order valence-electron chi connectivity index (χ1n) is 5.56. The molecule has 15 heavy (non-hydrogen) atoms. The van der Waals surface area contributed by atoms with Gasteiger partial charge >= 0.3 is 5.97 Å². The van der Waals surface area contributed by atoms with Crippen molar-refractivity contribution in [3.63, 3.8) is 0 Å². The van der Waals surface area contributed by atoms with Crippen LogP contribution >= 0.6 is 0 Å². The number of carbonyl (C=O) groups excluding carboxylic acids is 1. The van der Waals surface area contributed by atoms with Crippen LogP contribution in [0.5, 0.6) is 0 Å². The van der Waals surface area contributed by atoms with E-state index >= 15 is 0 Å². The van der Waals surface area contributed by atoms with Gasteiger partial charge in [-0.1, -0.05) is 0 Å². The van der Waals surface area contributed by atoms with E-state index in [1.807, 2.05) is 0 Å². The van der Waals surface area contributed by atoms with Crippen molar-refractivity contribution in [1.82, 2.24) is 4.90 Å². The van der Waals surface area contributed by atoms with Crippen LogP contribution in [-0.4, -0.2) is 49.8 Å². The average molecular weight is 215 g/mol. The van der Waals surface area contributed by atoms with Gasteiger partial charge in [-0.05, 0) is 26.8 Å². The number of hydrogen-bond acceptors (Lipinski definition) is 4. The van der Waals surface area contributed by atoms with Crippen LogP contribution in [0.15, 0.2) is 0 Å². The quantitative estimate of drug-likeness (QED) is 0.657. The average Bonchev–Trinajstić information content (AvgIpc) is 2.16. The zero-order valence-electron chi connectivity index (χ0n) is 9.86. The number of methoxy groups -OCH3 is 1. The van der Waals surface area contributed by atoms with Crippen molar-refractivity contribution in [2.24, 2.45) is 0 Å². The maximum absolute atomic E-state index is 10.9. The smallest absolute Gasteiger partial charge is 0.305 e. The van der Waals surface area contributed by atoms with Gasteiger partial charge in [0.15, 0.2) is 0 Å². The number of esters is 1. The second-order valence-electron chi connectivity index (χ2n) is 4.20. The molecule has 0 unspecified atom stereocenters. The Morgan fingerprint density at radius 1 is 1.40 bits per heavy atom. The van der Waals surface area contributed by atoms with E-state index in [0.717, 1.165) is 26.1 Å². The lowest BCUT2D eigenvalue weighted by atomic mass is 10.2. The fraction of sp³-hybridized carbons (Fsp3) is 0.909. The maximum Gasteiger partial charge on any atom is 0.305 e. The number of hydrogen-bond donors (Lipinski definition) is 0. The molecule has 0 N–H and O–H groups in total. The van der Waals surface area contributed by atoms with E-state index in [9.17, 15) is 4.79 Å². The van der Waals surface area contributed by atoms with Crippen LogP contribution in [0.2, 0.25) is 0 Å². The molecule has 1 aliphatic rings.